The van der Waals surface area contributed by atoms with Gasteiger partial charge in [-0.3, -0.25) is 0 Å². The molecule has 1 aromatic rings. The van der Waals surface area contributed by atoms with Crippen LogP contribution in [0.5, 0.6) is 0 Å². The van der Waals surface area contributed by atoms with Crippen LogP contribution in [0.1, 0.15) is 94.2 Å². The molecule has 1 rings (SSSR count). The van der Waals surface area contributed by atoms with Crippen LogP contribution in [0.25, 0.3) is 0 Å². The number of hydrogen-bond acceptors (Lipinski definition) is 0. The molecule has 0 atom stereocenters. The van der Waals surface area contributed by atoms with Crippen molar-refractivity contribution >= 4 is 15.8 Å². The Morgan fingerprint density at radius 3 is 1.08 bits per heavy atom. The predicted octanol–water partition coefficient (Wildman–Crippen LogP) is 8.64. The monoisotopic (exact) mass is 393 g/mol. The Kier molecular flexibility index (Phi) is 7.62. The molecule has 149 valence electrons. The SMILES string of the molecule is CC(C)(C)P(Cc1[c]c(CP(C(C)(C)C)C(C)(C)C)ccc1)C(C)(C)C. The van der Waals surface area contributed by atoms with Crippen LogP contribution in [-0.2, 0) is 12.3 Å². The Bertz CT molecular complexity index is 497. The molecule has 0 aliphatic rings. The van der Waals surface area contributed by atoms with Gasteiger partial charge in [-0.25, -0.2) is 0 Å². The lowest BCUT2D eigenvalue weighted by Gasteiger charge is -2.42. The van der Waals surface area contributed by atoms with E-state index in [1.54, 1.807) is 0 Å². The first-order valence-electron chi connectivity index (χ1n) is 9.98. The van der Waals surface area contributed by atoms with Crippen LogP contribution >= 0.6 is 15.8 Å². The minimum atomic E-state index is -0.123. The van der Waals surface area contributed by atoms with Gasteiger partial charge >= 0.3 is 0 Å². The number of rotatable bonds is 4. The van der Waals surface area contributed by atoms with Crippen LogP contribution < -0.4 is 0 Å². The maximum Gasteiger partial charge on any atom is -0.00574 e. The molecule has 0 bridgehead atoms. The average Bonchev–Trinajstić information content (AvgIpc) is 2.37. The van der Waals surface area contributed by atoms with Crippen molar-refractivity contribution in [2.45, 2.75) is 116 Å². The van der Waals surface area contributed by atoms with Gasteiger partial charge in [-0.1, -0.05) is 117 Å². The first kappa shape index (κ1) is 24.1. The second kappa shape index (κ2) is 8.21. The standard InChI is InChI=1S/C24H43P2/c1-21(2,3)25(22(4,5)6)17-19-14-13-15-20(16-19)18-26(23(7,8)9)24(10,11)12/h13-15H,17-18H2,1-12H3. The molecule has 1 radical (unpaired) electrons. The van der Waals surface area contributed by atoms with E-state index in [9.17, 15) is 0 Å². The zero-order valence-corrected chi connectivity index (χ0v) is 21.3. The van der Waals surface area contributed by atoms with E-state index in [0.717, 1.165) is 0 Å². The highest BCUT2D eigenvalue weighted by atomic mass is 31.1. The molecule has 0 aliphatic carbocycles. The molecule has 0 spiro atoms. The third-order valence-corrected chi connectivity index (χ3v) is 12.6. The fraction of sp³-hybridized carbons (Fsp3) is 0.750. The molecule has 0 heterocycles. The second-order valence-electron chi connectivity index (χ2n) is 11.6. The second-order valence-corrected chi connectivity index (χ2v) is 19.3. The quantitative estimate of drug-likeness (QED) is 0.449. The summed E-state index contributed by atoms with van der Waals surface area (Å²) >= 11 is 0. The van der Waals surface area contributed by atoms with Gasteiger partial charge in [-0.05, 0) is 50.1 Å². The van der Waals surface area contributed by atoms with Crippen molar-refractivity contribution in [2.75, 3.05) is 0 Å². The van der Waals surface area contributed by atoms with E-state index in [1.165, 1.54) is 23.5 Å². The van der Waals surface area contributed by atoms with Gasteiger partial charge in [0.2, 0.25) is 0 Å². The van der Waals surface area contributed by atoms with E-state index in [2.05, 4.69) is 107 Å². The molecule has 0 aromatic heterocycles. The van der Waals surface area contributed by atoms with Gasteiger partial charge in [-0.15, -0.1) is 0 Å². The van der Waals surface area contributed by atoms with Gasteiger partial charge < -0.3 is 0 Å². The summed E-state index contributed by atoms with van der Waals surface area (Å²) in [6.45, 7) is 28.9. The Labute approximate surface area is 167 Å². The highest BCUT2D eigenvalue weighted by molar-refractivity contribution is 7.60. The van der Waals surface area contributed by atoms with Gasteiger partial charge in [0.1, 0.15) is 0 Å². The molecule has 0 aliphatic heterocycles. The van der Waals surface area contributed by atoms with E-state index in [1.807, 2.05) is 0 Å². The summed E-state index contributed by atoms with van der Waals surface area (Å²) in [5.74, 6) is 0. The van der Waals surface area contributed by atoms with Gasteiger partial charge in [0, 0.05) is 0 Å². The van der Waals surface area contributed by atoms with Crippen molar-refractivity contribution in [3.8, 4) is 0 Å². The van der Waals surface area contributed by atoms with Gasteiger partial charge in [0.05, 0.1) is 0 Å². The van der Waals surface area contributed by atoms with Gasteiger partial charge in [0.15, 0.2) is 0 Å². The predicted molar refractivity (Wildman–Crippen MR) is 126 cm³/mol. The normalized spacial score (nSPS) is 14.4. The first-order chi connectivity index (χ1) is 11.4. The maximum absolute atomic E-state index is 3.83. The summed E-state index contributed by atoms with van der Waals surface area (Å²) in [4.78, 5) is 0. The van der Waals surface area contributed by atoms with Crippen molar-refractivity contribution in [3.05, 3.63) is 35.4 Å². The summed E-state index contributed by atoms with van der Waals surface area (Å²) in [5, 5.41) is 1.45. The molecule has 2 heteroatoms. The smallest absolute Gasteiger partial charge is 0.00574 e. The number of hydrogen-bond donors (Lipinski definition) is 0. The maximum atomic E-state index is 3.83. The summed E-state index contributed by atoms with van der Waals surface area (Å²) in [5.41, 5.74) is 2.83. The average molecular weight is 394 g/mol. The topological polar surface area (TPSA) is 0 Å². The summed E-state index contributed by atoms with van der Waals surface area (Å²) in [7, 11) is -0.246. The molecule has 0 fully saturated rings. The molecule has 0 N–H and O–H groups in total. The van der Waals surface area contributed by atoms with Crippen molar-refractivity contribution in [3.63, 3.8) is 0 Å². The molecule has 0 saturated heterocycles. The molecule has 0 amide bonds. The third kappa shape index (κ3) is 7.24. The lowest BCUT2D eigenvalue weighted by Crippen LogP contribution is -2.26. The van der Waals surface area contributed by atoms with E-state index >= 15 is 0 Å². The highest BCUT2D eigenvalue weighted by Gasteiger charge is 2.35. The fourth-order valence-corrected chi connectivity index (χ4v) is 11.0. The van der Waals surface area contributed by atoms with E-state index in [-0.39, 0.29) is 15.8 Å². The Morgan fingerprint density at radius 2 is 0.846 bits per heavy atom. The minimum absolute atomic E-state index is 0.123. The number of benzene rings is 1. The Balaban J connectivity index is 3.11. The van der Waals surface area contributed by atoms with Crippen molar-refractivity contribution in [2.24, 2.45) is 0 Å². The van der Waals surface area contributed by atoms with E-state index < -0.39 is 0 Å². The summed E-state index contributed by atoms with van der Waals surface area (Å²) < 4.78 is 0. The van der Waals surface area contributed by atoms with Crippen LogP contribution in [0.3, 0.4) is 0 Å². The lowest BCUT2D eigenvalue weighted by atomic mass is 10.2. The molecule has 0 unspecified atom stereocenters. The molecule has 1 aromatic carbocycles. The zero-order chi connectivity index (χ0) is 20.6. The molecule has 26 heavy (non-hydrogen) atoms. The van der Waals surface area contributed by atoms with Crippen LogP contribution in [0, 0.1) is 6.07 Å². The van der Waals surface area contributed by atoms with Crippen molar-refractivity contribution in [1.29, 1.82) is 0 Å². The fourth-order valence-electron chi connectivity index (χ4n) is 4.06. The molecule has 0 nitrogen and oxygen atoms in total. The van der Waals surface area contributed by atoms with Gasteiger partial charge in [-0.2, -0.15) is 0 Å². The zero-order valence-electron chi connectivity index (χ0n) is 19.5. The van der Waals surface area contributed by atoms with E-state index in [0.29, 0.717) is 20.6 Å². The minimum Gasteiger partial charge on any atom is -0.0911 e. The highest BCUT2D eigenvalue weighted by Crippen LogP contribution is 2.62. The van der Waals surface area contributed by atoms with Crippen LogP contribution in [-0.4, -0.2) is 20.6 Å². The Hall–Kier alpha value is 0.0800. The van der Waals surface area contributed by atoms with Crippen LogP contribution in [0.15, 0.2) is 18.2 Å². The molecule has 0 saturated carbocycles. The van der Waals surface area contributed by atoms with Gasteiger partial charge in [0.25, 0.3) is 0 Å². The summed E-state index contributed by atoms with van der Waals surface area (Å²) in [6, 6.07) is 10.7. The lowest BCUT2D eigenvalue weighted by molar-refractivity contribution is 0.702. The first-order valence-corrected chi connectivity index (χ1v) is 13.0. The molecular formula is C24H43P2. The summed E-state index contributed by atoms with van der Waals surface area (Å²) in [6.07, 6.45) is 2.36. The van der Waals surface area contributed by atoms with Crippen molar-refractivity contribution in [1.82, 2.24) is 0 Å². The van der Waals surface area contributed by atoms with Crippen LogP contribution in [0.4, 0.5) is 0 Å². The van der Waals surface area contributed by atoms with E-state index in [4.69, 9.17) is 0 Å². The van der Waals surface area contributed by atoms with Crippen molar-refractivity contribution < 1.29 is 0 Å². The Morgan fingerprint density at radius 1 is 0.577 bits per heavy atom. The largest absolute Gasteiger partial charge is 0.0911 e. The van der Waals surface area contributed by atoms with Crippen LogP contribution in [0.2, 0.25) is 0 Å². The molecular weight excluding hydrogens is 350 g/mol. The third-order valence-electron chi connectivity index (χ3n) is 4.81.